The van der Waals surface area contributed by atoms with Crippen molar-refractivity contribution in [3.63, 3.8) is 0 Å². The highest BCUT2D eigenvalue weighted by atomic mass is 16.4. The summed E-state index contributed by atoms with van der Waals surface area (Å²) in [5.41, 5.74) is 0. The molecule has 1 heterocycles. The predicted octanol–water partition coefficient (Wildman–Crippen LogP) is -0.971. The van der Waals surface area contributed by atoms with Gasteiger partial charge in [-0.05, 0) is 19.9 Å². The fourth-order valence-corrected chi connectivity index (χ4v) is 1.87. The van der Waals surface area contributed by atoms with Crippen LogP contribution in [-0.2, 0) is 14.4 Å². The first kappa shape index (κ1) is 13.4. The van der Waals surface area contributed by atoms with Crippen molar-refractivity contribution in [1.29, 1.82) is 0 Å². The molecule has 1 saturated heterocycles. The Hall–Kier alpha value is -1.63. The Morgan fingerprint density at radius 2 is 2.06 bits per heavy atom. The van der Waals surface area contributed by atoms with E-state index >= 15 is 0 Å². The van der Waals surface area contributed by atoms with E-state index in [0.29, 0.717) is 13.0 Å². The van der Waals surface area contributed by atoms with Crippen LogP contribution in [0, 0.1) is 5.92 Å². The van der Waals surface area contributed by atoms with E-state index in [4.69, 9.17) is 10.2 Å². The summed E-state index contributed by atoms with van der Waals surface area (Å²) >= 11 is 0. The first-order valence-electron chi connectivity index (χ1n) is 5.40. The maximum atomic E-state index is 11.7. The third kappa shape index (κ3) is 3.70. The quantitative estimate of drug-likeness (QED) is 0.494. The Bertz CT molecular complexity index is 331. The summed E-state index contributed by atoms with van der Waals surface area (Å²) < 4.78 is 0. The van der Waals surface area contributed by atoms with E-state index in [0.717, 1.165) is 0 Å². The number of carboxylic acid groups (broad SMARTS) is 2. The summed E-state index contributed by atoms with van der Waals surface area (Å²) in [6, 6.07) is -1.39. The normalized spacial score (nSPS) is 25.2. The van der Waals surface area contributed by atoms with Gasteiger partial charge in [0.1, 0.15) is 6.04 Å². The number of hydrogen-bond acceptors (Lipinski definition) is 4. The molecule has 0 spiro atoms. The van der Waals surface area contributed by atoms with Gasteiger partial charge < -0.3 is 20.8 Å². The summed E-state index contributed by atoms with van der Waals surface area (Å²) in [4.78, 5) is 33.0. The lowest BCUT2D eigenvalue weighted by Gasteiger charge is -2.18. The van der Waals surface area contributed by atoms with Crippen LogP contribution >= 0.6 is 0 Å². The predicted molar refractivity (Wildman–Crippen MR) is 57.4 cm³/mol. The van der Waals surface area contributed by atoms with Gasteiger partial charge in [-0.2, -0.15) is 0 Å². The molecule has 0 radical (unpaired) electrons. The van der Waals surface area contributed by atoms with E-state index in [-0.39, 0.29) is 12.0 Å². The number of rotatable bonds is 5. The van der Waals surface area contributed by atoms with E-state index < -0.39 is 30.3 Å². The second kappa shape index (κ2) is 5.62. The van der Waals surface area contributed by atoms with Crippen molar-refractivity contribution >= 4 is 17.8 Å². The Morgan fingerprint density at radius 1 is 1.41 bits per heavy atom. The van der Waals surface area contributed by atoms with Crippen LogP contribution in [0.1, 0.15) is 19.8 Å². The van der Waals surface area contributed by atoms with E-state index in [1.165, 1.54) is 0 Å². The maximum absolute atomic E-state index is 11.7. The molecular weight excluding hydrogens is 228 g/mol. The average Bonchev–Trinajstić information content (AvgIpc) is 2.62. The molecule has 0 bridgehead atoms. The van der Waals surface area contributed by atoms with E-state index in [1.54, 1.807) is 0 Å². The van der Waals surface area contributed by atoms with Gasteiger partial charge in [-0.3, -0.25) is 9.59 Å². The molecule has 1 aliphatic heterocycles. The summed E-state index contributed by atoms with van der Waals surface area (Å²) in [6.45, 7) is 2.54. The van der Waals surface area contributed by atoms with E-state index in [9.17, 15) is 14.4 Å². The molecule has 1 aliphatic rings. The first-order valence-corrected chi connectivity index (χ1v) is 5.40. The Morgan fingerprint density at radius 3 is 2.47 bits per heavy atom. The molecule has 0 saturated carbocycles. The first-order chi connectivity index (χ1) is 7.91. The van der Waals surface area contributed by atoms with Gasteiger partial charge in [0.15, 0.2) is 0 Å². The smallest absolute Gasteiger partial charge is 0.326 e. The molecule has 0 aromatic carbocycles. The van der Waals surface area contributed by atoms with Crippen molar-refractivity contribution in [2.24, 2.45) is 5.92 Å². The standard InChI is InChI=1S/C10H16N2O5/c1-5-6(2-3-11-5)9(15)12-7(10(16)17)4-8(13)14/h5-7,11H,2-4H2,1H3,(H,12,15)(H,13,14)(H,16,17). The molecule has 7 heteroatoms. The monoisotopic (exact) mass is 244 g/mol. The molecule has 0 aromatic heterocycles. The van der Waals surface area contributed by atoms with Crippen molar-refractivity contribution in [1.82, 2.24) is 10.6 Å². The molecule has 1 fully saturated rings. The largest absolute Gasteiger partial charge is 0.481 e. The van der Waals surface area contributed by atoms with Crippen molar-refractivity contribution in [2.45, 2.75) is 31.8 Å². The lowest BCUT2D eigenvalue weighted by atomic mass is 10.0. The van der Waals surface area contributed by atoms with Gasteiger partial charge in [-0.15, -0.1) is 0 Å². The Kier molecular flexibility index (Phi) is 4.45. The maximum Gasteiger partial charge on any atom is 0.326 e. The minimum atomic E-state index is -1.37. The number of amides is 1. The molecule has 17 heavy (non-hydrogen) atoms. The van der Waals surface area contributed by atoms with Crippen molar-refractivity contribution < 1.29 is 24.6 Å². The fraction of sp³-hybridized carbons (Fsp3) is 0.700. The molecule has 1 rings (SSSR count). The minimum absolute atomic E-state index is 0.0192. The fourth-order valence-electron chi connectivity index (χ4n) is 1.87. The number of carbonyl (C=O) groups is 3. The van der Waals surface area contributed by atoms with Crippen molar-refractivity contribution in [2.75, 3.05) is 6.54 Å². The second-order valence-electron chi connectivity index (χ2n) is 4.14. The van der Waals surface area contributed by atoms with Gasteiger partial charge in [0.25, 0.3) is 0 Å². The summed E-state index contributed by atoms with van der Waals surface area (Å²) in [6.07, 6.45) is 0.0159. The van der Waals surface area contributed by atoms with Crippen LogP contribution in [0.15, 0.2) is 0 Å². The minimum Gasteiger partial charge on any atom is -0.481 e. The van der Waals surface area contributed by atoms with Crippen molar-refractivity contribution in [3.8, 4) is 0 Å². The number of aliphatic carboxylic acids is 2. The molecule has 0 aromatic rings. The van der Waals surface area contributed by atoms with Crippen LogP contribution in [0.25, 0.3) is 0 Å². The zero-order valence-electron chi connectivity index (χ0n) is 9.47. The molecule has 4 N–H and O–H groups in total. The van der Waals surface area contributed by atoms with E-state index in [2.05, 4.69) is 10.6 Å². The number of carbonyl (C=O) groups excluding carboxylic acids is 1. The third-order valence-electron chi connectivity index (χ3n) is 2.86. The van der Waals surface area contributed by atoms with Crippen LogP contribution in [0.2, 0.25) is 0 Å². The lowest BCUT2D eigenvalue weighted by molar-refractivity contribution is -0.147. The Balaban J connectivity index is 2.57. The van der Waals surface area contributed by atoms with E-state index in [1.807, 2.05) is 6.92 Å². The highest BCUT2D eigenvalue weighted by Gasteiger charge is 2.32. The van der Waals surface area contributed by atoms with Crippen LogP contribution < -0.4 is 10.6 Å². The lowest BCUT2D eigenvalue weighted by Crippen LogP contribution is -2.46. The van der Waals surface area contributed by atoms with Gasteiger partial charge in [-0.1, -0.05) is 0 Å². The molecule has 96 valence electrons. The zero-order valence-corrected chi connectivity index (χ0v) is 9.47. The topological polar surface area (TPSA) is 116 Å². The Labute approximate surface area is 98.2 Å². The third-order valence-corrected chi connectivity index (χ3v) is 2.86. The second-order valence-corrected chi connectivity index (χ2v) is 4.14. The van der Waals surface area contributed by atoms with Gasteiger partial charge in [0.05, 0.1) is 12.3 Å². The number of hydrogen-bond donors (Lipinski definition) is 4. The highest BCUT2D eigenvalue weighted by Crippen LogP contribution is 2.15. The van der Waals surface area contributed by atoms with Crippen molar-refractivity contribution in [3.05, 3.63) is 0 Å². The number of nitrogens with one attached hydrogen (secondary N) is 2. The van der Waals surface area contributed by atoms with Gasteiger partial charge in [0.2, 0.25) is 5.91 Å². The van der Waals surface area contributed by atoms with Gasteiger partial charge >= 0.3 is 11.9 Å². The summed E-state index contributed by atoms with van der Waals surface area (Å²) in [7, 11) is 0. The molecule has 3 atom stereocenters. The van der Waals surface area contributed by atoms with Crippen LogP contribution in [0.5, 0.6) is 0 Å². The SMILES string of the molecule is CC1NCCC1C(=O)NC(CC(=O)O)C(=O)O. The van der Waals surface area contributed by atoms with Crippen LogP contribution in [0.3, 0.4) is 0 Å². The molecule has 0 aliphatic carbocycles. The number of carboxylic acids is 2. The van der Waals surface area contributed by atoms with Crippen LogP contribution in [-0.4, -0.2) is 46.7 Å². The van der Waals surface area contributed by atoms with Crippen LogP contribution in [0.4, 0.5) is 0 Å². The summed E-state index contributed by atoms with van der Waals surface area (Å²) in [5.74, 6) is -3.29. The molecule has 7 nitrogen and oxygen atoms in total. The summed E-state index contributed by atoms with van der Waals surface area (Å²) in [5, 5.41) is 22.7. The average molecular weight is 244 g/mol. The van der Waals surface area contributed by atoms with Gasteiger partial charge in [-0.25, -0.2) is 4.79 Å². The molecule has 1 amide bonds. The zero-order chi connectivity index (χ0) is 13.0. The van der Waals surface area contributed by atoms with Gasteiger partial charge in [0, 0.05) is 6.04 Å². The molecule has 3 unspecified atom stereocenters. The highest BCUT2D eigenvalue weighted by molar-refractivity contribution is 5.88. The molecular formula is C10H16N2O5.